The van der Waals surface area contributed by atoms with E-state index in [0.29, 0.717) is 18.9 Å². The van der Waals surface area contributed by atoms with Crippen molar-refractivity contribution in [1.29, 1.82) is 0 Å². The second-order valence-electron chi connectivity index (χ2n) is 6.93. The summed E-state index contributed by atoms with van der Waals surface area (Å²) in [6.45, 7) is 0.676. The monoisotopic (exact) mass is 317 g/mol. The molecule has 2 fully saturated rings. The van der Waals surface area contributed by atoms with E-state index in [1.807, 2.05) is 18.2 Å². The van der Waals surface area contributed by atoms with Crippen LogP contribution in [0.5, 0.6) is 11.5 Å². The molecule has 0 aliphatic heterocycles. The lowest BCUT2D eigenvalue weighted by Crippen LogP contribution is -2.29. The van der Waals surface area contributed by atoms with Gasteiger partial charge in [-0.1, -0.05) is 12.5 Å². The summed E-state index contributed by atoms with van der Waals surface area (Å²) >= 11 is 0. The van der Waals surface area contributed by atoms with Gasteiger partial charge in [-0.15, -0.1) is 0 Å². The van der Waals surface area contributed by atoms with Crippen LogP contribution in [0.1, 0.15) is 37.7 Å². The van der Waals surface area contributed by atoms with Crippen LogP contribution in [-0.4, -0.2) is 26.7 Å². The molecule has 0 unspecified atom stereocenters. The molecule has 0 spiro atoms. The van der Waals surface area contributed by atoms with E-state index in [2.05, 4.69) is 5.32 Å². The number of rotatable bonds is 7. The van der Waals surface area contributed by atoms with Crippen molar-refractivity contribution < 1.29 is 14.3 Å². The summed E-state index contributed by atoms with van der Waals surface area (Å²) in [5.41, 5.74) is 1.14. The molecular weight excluding hydrogens is 290 g/mol. The Bertz CT molecular complexity index is 558. The van der Waals surface area contributed by atoms with Crippen molar-refractivity contribution in [1.82, 2.24) is 5.32 Å². The van der Waals surface area contributed by atoms with Gasteiger partial charge in [-0.25, -0.2) is 0 Å². The first-order valence-corrected chi connectivity index (χ1v) is 8.67. The van der Waals surface area contributed by atoms with Gasteiger partial charge in [0.1, 0.15) is 0 Å². The van der Waals surface area contributed by atoms with Crippen molar-refractivity contribution in [3.8, 4) is 11.5 Å². The molecule has 0 heterocycles. The van der Waals surface area contributed by atoms with Gasteiger partial charge >= 0.3 is 0 Å². The van der Waals surface area contributed by atoms with Crippen LogP contribution < -0.4 is 14.8 Å². The Morgan fingerprint density at radius 1 is 1.17 bits per heavy atom. The highest BCUT2D eigenvalue weighted by molar-refractivity contribution is 5.76. The standard InChI is InChI=1S/C19H27NO3/c1-22-17-6-4-13(11-18(17)23-2)7-8-20-19(21)12-16-10-14-3-5-15(16)9-14/h4,6,11,14-16H,3,5,7-10,12H2,1-2H3,(H,20,21)/t14-,15-,16+/m0/s1. The molecular formula is C19H27NO3. The average Bonchev–Trinajstić information content (AvgIpc) is 3.17. The van der Waals surface area contributed by atoms with Gasteiger partial charge in [0.15, 0.2) is 11.5 Å². The maximum Gasteiger partial charge on any atom is 0.220 e. The third kappa shape index (κ3) is 3.80. The quantitative estimate of drug-likeness (QED) is 0.840. The van der Waals surface area contributed by atoms with Gasteiger partial charge in [-0.05, 0) is 61.1 Å². The molecule has 3 atom stereocenters. The summed E-state index contributed by atoms with van der Waals surface area (Å²) in [4.78, 5) is 12.1. The largest absolute Gasteiger partial charge is 0.493 e. The molecule has 2 aliphatic rings. The van der Waals surface area contributed by atoms with Gasteiger partial charge in [0.05, 0.1) is 14.2 Å². The Morgan fingerprint density at radius 3 is 2.65 bits per heavy atom. The Hall–Kier alpha value is -1.71. The molecule has 3 rings (SSSR count). The number of fused-ring (bicyclic) bond motifs is 2. The first kappa shape index (κ1) is 16.2. The fourth-order valence-corrected chi connectivity index (χ4v) is 4.32. The number of hydrogen-bond donors (Lipinski definition) is 1. The highest BCUT2D eigenvalue weighted by Crippen LogP contribution is 2.49. The second-order valence-corrected chi connectivity index (χ2v) is 6.93. The second kappa shape index (κ2) is 7.24. The average molecular weight is 317 g/mol. The van der Waals surface area contributed by atoms with Crippen molar-refractivity contribution in [3.05, 3.63) is 23.8 Å². The van der Waals surface area contributed by atoms with Gasteiger partial charge in [0.2, 0.25) is 5.91 Å². The first-order valence-electron chi connectivity index (χ1n) is 8.67. The van der Waals surface area contributed by atoms with Gasteiger partial charge < -0.3 is 14.8 Å². The Kier molecular flexibility index (Phi) is 5.09. The minimum atomic E-state index is 0.211. The number of amides is 1. The SMILES string of the molecule is COc1ccc(CCNC(=O)C[C@H]2C[C@H]3CC[C@H]2C3)cc1OC. The van der Waals surface area contributed by atoms with Crippen LogP contribution in [0.15, 0.2) is 18.2 Å². The number of carbonyl (C=O) groups is 1. The maximum absolute atomic E-state index is 12.1. The molecule has 126 valence electrons. The lowest BCUT2D eigenvalue weighted by Gasteiger charge is -2.20. The van der Waals surface area contributed by atoms with E-state index in [1.54, 1.807) is 14.2 Å². The van der Waals surface area contributed by atoms with Crippen molar-refractivity contribution in [2.75, 3.05) is 20.8 Å². The molecule has 4 heteroatoms. The van der Waals surface area contributed by atoms with Gasteiger partial charge in [-0.2, -0.15) is 0 Å². The third-order valence-electron chi connectivity index (χ3n) is 5.52. The normalized spacial score (nSPS) is 25.4. The van der Waals surface area contributed by atoms with Crippen molar-refractivity contribution in [3.63, 3.8) is 0 Å². The lowest BCUT2D eigenvalue weighted by molar-refractivity contribution is -0.122. The number of ether oxygens (including phenoxy) is 2. The predicted molar refractivity (Wildman–Crippen MR) is 89.8 cm³/mol. The van der Waals surface area contributed by atoms with Crippen molar-refractivity contribution in [2.24, 2.45) is 17.8 Å². The lowest BCUT2D eigenvalue weighted by atomic mass is 9.86. The molecule has 23 heavy (non-hydrogen) atoms. The molecule has 2 bridgehead atoms. The fourth-order valence-electron chi connectivity index (χ4n) is 4.32. The number of hydrogen-bond acceptors (Lipinski definition) is 3. The Morgan fingerprint density at radius 2 is 2.00 bits per heavy atom. The van der Waals surface area contributed by atoms with Crippen LogP contribution in [0.3, 0.4) is 0 Å². The molecule has 1 amide bonds. The van der Waals surface area contributed by atoms with Gasteiger partial charge in [0, 0.05) is 13.0 Å². The first-order chi connectivity index (χ1) is 11.2. The number of benzene rings is 1. The fraction of sp³-hybridized carbons (Fsp3) is 0.632. The Labute approximate surface area is 138 Å². The van der Waals surface area contributed by atoms with E-state index < -0.39 is 0 Å². The van der Waals surface area contributed by atoms with E-state index in [9.17, 15) is 4.79 Å². The van der Waals surface area contributed by atoms with Crippen LogP contribution in [0.4, 0.5) is 0 Å². The summed E-state index contributed by atoms with van der Waals surface area (Å²) in [7, 11) is 3.27. The van der Waals surface area contributed by atoms with E-state index in [-0.39, 0.29) is 5.91 Å². The van der Waals surface area contributed by atoms with Crippen LogP contribution in [0.25, 0.3) is 0 Å². The zero-order valence-corrected chi connectivity index (χ0v) is 14.1. The smallest absolute Gasteiger partial charge is 0.220 e. The van der Waals surface area contributed by atoms with Crippen LogP contribution in [0.2, 0.25) is 0 Å². The molecule has 1 aromatic rings. The number of nitrogens with one attached hydrogen (secondary N) is 1. The minimum Gasteiger partial charge on any atom is -0.493 e. The maximum atomic E-state index is 12.1. The van der Waals surface area contributed by atoms with Gasteiger partial charge in [-0.3, -0.25) is 4.79 Å². The summed E-state index contributed by atoms with van der Waals surface area (Å²) in [5, 5.41) is 3.07. The van der Waals surface area contributed by atoms with Crippen molar-refractivity contribution in [2.45, 2.75) is 38.5 Å². The zero-order valence-electron chi connectivity index (χ0n) is 14.1. The third-order valence-corrected chi connectivity index (χ3v) is 5.52. The highest BCUT2D eigenvalue weighted by Gasteiger charge is 2.39. The van der Waals surface area contributed by atoms with E-state index >= 15 is 0 Å². The summed E-state index contributed by atoms with van der Waals surface area (Å²) in [6.07, 6.45) is 6.89. The number of carbonyl (C=O) groups excluding carboxylic acids is 1. The predicted octanol–water partition coefficient (Wildman–Crippen LogP) is 3.19. The van der Waals surface area contributed by atoms with E-state index in [0.717, 1.165) is 35.3 Å². The van der Waals surface area contributed by atoms with Crippen LogP contribution in [-0.2, 0) is 11.2 Å². The summed E-state index contributed by atoms with van der Waals surface area (Å²) in [5.74, 6) is 4.04. The summed E-state index contributed by atoms with van der Waals surface area (Å²) < 4.78 is 10.5. The molecule has 2 aliphatic carbocycles. The minimum absolute atomic E-state index is 0.211. The van der Waals surface area contributed by atoms with Gasteiger partial charge in [0.25, 0.3) is 0 Å². The van der Waals surface area contributed by atoms with Crippen molar-refractivity contribution >= 4 is 5.91 Å². The topological polar surface area (TPSA) is 47.6 Å². The highest BCUT2D eigenvalue weighted by atomic mass is 16.5. The number of methoxy groups -OCH3 is 2. The molecule has 4 nitrogen and oxygen atoms in total. The molecule has 1 aromatic carbocycles. The molecule has 2 saturated carbocycles. The molecule has 0 saturated heterocycles. The molecule has 1 N–H and O–H groups in total. The molecule has 0 radical (unpaired) electrons. The van der Waals surface area contributed by atoms with Crippen LogP contribution >= 0.6 is 0 Å². The summed E-state index contributed by atoms with van der Waals surface area (Å²) in [6, 6.07) is 5.90. The Balaban J connectivity index is 1.43. The van der Waals surface area contributed by atoms with Crippen LogP contribution in [0, 0.1) is 17.8 Å². The molecule has 0 aromatic heterocycles. The van der Waals surface area contributed by atoms with E-state index in [1.165, 1.54) is 25.7 Å². The van der Waals surface area contributed by atoms with E-state index in [4.69, 9.17) is 9.47 Å². The zero-order chi connectivity index (χ0) is 16.2.